The van der Waals surface area contributed by atoms with Crippen molar-refractivity contribution in [2.75, 3.05) is 13.3 Å². The van der Waals surface area contributed by atoms with Crippen LogP contribution in [0.1, 0.15) is 54.7 Å². The van der Waals surface area contributed by atoms with Crippen molar-refractivity contribution in [3.8, 4) is 0 Å². The number of aryl methyl sites for hydroxylation is 1. The number of alkyl carbamates (subject to hydrolysis) is 1. The molecule has 0 unspecified atom stereocenters. The van der Waals surface area contributed by atoms with Crippen LogP contribution in [0.4, 0.5) is 18.0 Å². The van der Waals surface area contributed by atoms with Gasteiger partial charge in [-0.2, -0.15) is 13.2 Å². The van der Waals surface area contributed by atoms with Gasteiger partial charge in [0.25, 0.3) is 0 Å². The number of carbonyl (C=O) groups excluding carboxylic acids is 1. The van der Waals surface area contributed by atoms with Crippen molar-refractivity contribution < 1.29 is 27.4 Å². The number of hydrogen-bond acceptors (Lipinski definition) is 3. The normalized spacial score (nSPS) is 13.5. The second kappa shape index (κ2) is 20.1. The molecule has 0 aliphatic heterocycles. The van der Waals surface area contributed by atoms with Crippen LogP contribution in [-0.4, -0.2) is 19.4 Å². The molecule has 6 aromatic carbocycles. The van der Waals surface area contributed by atoms with E-state index in [1.54, 1.807) is 26.0 Å². The summed E-state index contributed by atoms with van der Waals surface area (Å²) < 4.78 is 51.5. The van der Waals surface area contributed by atoms with Gasteiger partial charge in [-0.05, 0) is 49.1 Å². The van der Waals surface area contributed by atoms with Crippen molar-refractivity contribution in [3.63, 3.8) is 0 Å². The molecule has 6 aromatic rings. The van der Waals surface area contributed by atoms with E-state index in [0.29, 0.717) is 17.5 Å². The van der Waals surface area contributed by atoms with Gasteiger partial charge in [0.2, 0.25) is 0 Å². The fourth-order valence-electron chi connectivity index (χ4n) is 6.75. The van der Waals surface area contributed by atoms with E-state index in [0.717, 1.165) is 23.3 Å². The molecule has 0 aromatic heterocycles. The fraction of sp³-hybridized carbons (Fsp3) is 0.204. The molecule has 58 heavy (non-hydrogen) atoms. The van der Waals surface area contributed by atoms with Gasteiger partial charge in [0.05, 0.1) is 23.8 Å². The van der Waals surface area contributed by atoms with Crippen molar-refractivity contribution >= 4 is 42.8 Å². The summed E-state index contributed by atoms with van der Waals surface area (Å²) in [5, 5.41) is 4.42. The Morgan fingerprint density at radius 1 is 0.741 bits per heavy atom. The van der Waals surface area contributed by atoms with E-state index in [9.17, 15) is 18.0 Å². The van der Waals surface area contributed by atoms with E-state index in [4.69, 9.17) is 9.47 Å². The first-order chi connectivity index (χ1) is 27.2. The van der Waals surface area contributed by atoms with Gasteiger partial charge in [-0.1, -0.05) is 85.8 Å². The van der Waals surface area contributed by atoms with Gasteiger partial charge in [-0.15, -0.1) is 6.58 Å². The molecule has 2 atom stereocenters. The van der Waals surface area contributed by atoms with E-state index in [1.807, 2.05) is 60.7 Å². The van der Waals surface area contributed by atoms with Gasteiger partial charge in [0.1, 0.15) is 6.61 Å². The van der Waals surface area contributed by atoms with Crippen LogP contribution in [0.3, 0.4) is 0 Å². The molecule has 0 saturated heterocycles. The zero-order valence-corrected chi connectivity index (χ0v) is 34.8. The Labute approximate surface area is 349 Å². The van der Waals surface area contributed by atoms with Crippen molar-refractivity contribution in [3.05, 3.63) is 210 Å². The van der Waals surface area contributed by atoms with Crippen LogP contribution < -0.4 is 21.2 Å². The fourth-order valence-corrected chi connectivity index (χ4v) is 12.4. The molecule has 1 N–H and O–H groups in total. The van der Waals surface area contributed by atoms with Crippen LogP contribution in [0, 0.1) is 6.92 Å². The first-order valence-corrected chi connectivity index (χ1v) is 23.3. The minimum absolute atomic E-state index is 0. The molecule has 0 aliphatic rings. The monoisotopic (exact) mass is 869 g/mol. The topological polar surface area (TPSA) is 47.6 Å². The molecule has 0 fully saturated rings. The minimum atomic E-state index is -4.46. The molecule has 0 aliphatic carbocycles. The summed E-state index contributed by atoms with van der Waals surface area (Å²) in [6.07, 6.45) is -3.79. The van der Waals surface area contributed by atoms with Gasteiger partial charge in [-0.3, -0.25) is 0 Å². The maximum atomic E-state index is 13.3. The number of benzene rings is 6. The van der Waals surface area contributed by atoms with E-state index in [2.05, 4.69) is 125 Å². The van der Waals surface area contributed by atoms with Gasteiger partial charge in [0.15, 0.2) is 0 Å². The average molecular weight is 871 g/mol. The first kappa shape index (κ1) is 45.7. The molecule has 6 rings (SSSR count). The third-order valence-corrected chi connectivity index (χ3v) is 18.2. The molecular weight excluding hydrogens is 818 g/mol. The zero-order chi connectivity index (χ0) is 41.0. The summed E-state index contributed by atoms with van der Waals surface area (Å²) in [7, 11) is 0. The van der Waals surface area contributed by atoms with Crippen LogP contribution >= 0.6 is 20.8 Å². The van der Waals surface area contributed by atoms with E-state index in [1.165, 1.54) is 15.9 Å². The number of halogens is 4. The molecule has 0 radical (unpaired) electrons. The Kier molecular flexibility index (Phi) is 15.8. The summed E-state index contributed by atoms with van der Waals surface area (Å²) in [5.41, 5.74) is 0.714. The predicted octanol–water partition coefficient (Wildman–Crippen LogP) is 12.6. The zero-order valence-electron chi connectivity index (χ0n) is 32.3. The van der Waals surface area contributed by atoms with Crippen molar-refractivity contribution in [2.24, 2.45) is 0 Å². The van der Waals surface area contributed by atoms with Gasteiger partial charge < -0.3 is 14.8 Å². The van der Waals surface area contributed by atoms with Crippen LogP contribution in [0.2, 0.25) is 0 Å². The molecule has 0 bridgehead atoms. The second-order valence-electron chi connectivity index (χ2n) is 14.1. The third-order valence-electron chi connectivity index (χ3n) is 9.96. The van der Waals surface area contributed by atoms with E-state index >= 15 is 0 Å². The number of alkyl halides is 3. The Balaban J connectivity index is 0.000000287. The summed E-state index contributed by atoms with van der Waals surface area (Å²) in [5.74, 6) is 0. The Hall–Kier alpha value is -5.01. The Bertz CT molecular complexity index is 2090. The number of hydrogen-bond donors (Lipinski definition) is 1. The average Bonchev–Trinajstić information content (AvgIpc) is 3.23. The Morgan fingerprint density at radius 3 is 1.64 bits per heavy atom. The van der Waals surface area contributed by atoms with Gasteiger partial charge >= 0.3 is 147 Å². The summed E-state index contributed by atoms with van der Waals surface area (Å²) in [4.78, 5) is 12.8. The van der Waals surface area contributed by atoms with E-state index in [-0.39, 0.29) is 20.6 Å². The molecule has 0 saturated carbocycles. The van der Waals surface area contributed by atoms with Crippen molar-refractivity contribution in [1.82, 2.24) is 5.32 Å². The second-order valence-corrected chi connectivity index (χ2v) is 23.9. The Morgan fingerprint density at radius 2 is 1.19 bits per heavy atom. The van der Waals surface area contributed by atoms with Crippen LogP contribution in [-0.2, 0) is 27.8 Å². The number of nitrogens with one attached hydrogen (secondary N) is 1. The molecule has 0 spiro atoms. The number of carbonyl (C=O) groups is 1. The summed E-state index contributed by atoms with van der Waals surface area (Å²) in [6, 6.07) is 54.7. The molecule has 0 heterocycles. The standard InChI is InChI=1S/C29H30F3NO3.C19H18BrP.CH4/c1-4-15-28(25-13-9-6-10-14-25,33-27(34)35-19-23-11-7-5-8-12-23)20-36-22(3)24-16-21(2)17-26(18-24)29(30,31)32;1-21(20,17-11-5-2-6-12-17,18-13-7-3-8-14-18)19-15-9-4-10-16-19;/h4-14,16-18,22H,1,15,19-20H2,2-3H3,(H,33,34);2-16H,1H3;1H4/t22-,28-;;/m1../s1. The number of amides is 1. The van der Waals surface area contributed by atoms with Crippen molar-refractivity contribution in [1.29, 1.82) is 0 Å². The van der Waals surface area contributed by atoms with Gasteiger partial charge in [-0.25, -0.2) is 4.79 Å². The number of ether oxygens (including phenoxy) is 2. The SMILES string of the molecule is C.C=CC[C@](CO[C@H](C)c1cc(C)cc(C(F)(F)F)c1)(NC(=O)OCc1ccccc1)c1ccccc1.CP(Br)(c1ccccc1)(c1ccccc1)c1ccccc1. The molecule has 9 heteroatoms. The quantitative estimate of drug-likeness (QED) is 0.0929. The van der Waals surface area contributed by atoms with Crippen molar-refractivity contribution in [2.45, 2.75) is 52.1 Å². The molecule has 304 valence electrons. The number of rotatable bonds is 13. The van der Waals surface area contributed by atoms with Crippen LogP contribution in [0.5, 0.6) is 0 Å². The first-order valence-electron chi connectivity index (χ1n) is 18.6. The van der Waals surface area contributed by atoms with E-state index < -0.39 is 34.8 Å². The molecule has 1 amide bonds. The predicted molar refractivity (Wildman–Crippen MR) is 240 cm³/mol. The van der Waals surface area contributed by atoms with Gasteiger partial charge in [0, 0.05) is 0 Å². The summed E-state index contributed by atoms with van der Waals surface area (Å²) >= 11 is 4.24. The van der Waals surface area contributed by atoms with Crippen LogP contribution in [0.25, 0.3) is 0 Å². The molecular formula is C49H52BrF3NO3P. The maximum absolute atomic E-state index is 13.3. The van der Waals surface area contributed by atoms with Crippen LogP contribution in [0.15, 0.2) is 183 Å². The summed E-state index contributed by atoms with van der Waals surface area (Å²) in [6.45, 7) is 9.58. The third kappa shape index (κ3) is 11.1. The molecule has 4 nitrogen and oxygen atoms in total.